The van der Waals surface area contributed by atoms with Crippen LogP contribution in [-0.4, -0.2) is 154 Å². The number of benzene rings is 2. The lowest BCUT2D eigenvalue weighted by Crippen LogP contribution is -2.62. The van der Waals surface area contributed by atoms with E-state index in [9.17, 15) is 57.5 Å². The molecule has 0 unspecified atom stereocenters. The summed E-state index contributed by atoms with van der Waals surface area (Å²) in [4.78, 5) is 172. The summed E-state index contributed by atoms with van der Waals surface area (Å²) < 4.78 is 0. The van der Waals surface area contributed by atoms with Crippen molar-refractivity contribution in [2.24, 2.45) is 35.1 Å². The first-order valence-electron chi connectivity index (χ1n) is 28.5. The Hall–Kier alpha value is -7.92. The predicted molar refractivity (Wildman–Crippen MR) is 301 cm³/mol. The minimum atomic E-state index is -1.47. The van der Waals surface area contributed by atoms with Gasteiger partial charge < -0.3 is 63.8 Å². The maximum absolute atomic E-state index is 14.8. The first-order chi connectivity index (χ1) is 38.8. The van der Waals surface area contributed by atoms with Gasteiger partial charge in [0.05, 0.1) is 0 Å². The molecule has 2 aromatic rings. The van der Waals surface area contributed by atoms with Gasteiger partial charge in [0.15, 0.2) is 0 Å². The van der Waals surface area contributed by atoms with Crippen molar-refractivity contribution in [1.82, 2.24) is 52.3 Å². The largest absolute Gasteiger partial charge is 0.370 e. The summed E-state index contributed by atoms with van der Waals surface area (Å²) in [6, 6.07) is 4.51. The molecule has 24 heteroatoms. The Morgan fingerprint density at radius 2 is 0.695 bits per heavy atom. The van der Waals surface area contributed by atoms with E-state index in [2.05, 4.69) is 42.5 Å². The van der Waals surface area contributed by atoms with Crippen molar-refractivity contribution < 1.29 is 57.5 Å². The van der Waals surface area contributed by atoms with E-state index < -0.39 is 155 Å². The Balaban J connectivity index is 1.59. The minimum Gasteiger partial charge on any atom is -0.370 e. The lowest BCUT2D eigenvalue weighted by atomic mass is 9.98. The third kappa shape index (κ3) is 18.0. The summed E-state index contributed by atoms with van der Waals surface area (Å²) in [5.41, 5.74) is 12.3. The summed E-state index contributed by atoms with van der Waals surface area (Å²) in [5, 5.41) is 21.9. The zero-order valence-electron chi connectivity index (χ0n) is 48.3. The van der Waals surface area contributed by atoms with Crippen LogP contribution in [0.5, 0.6) is 0 Å². The molecule has 12 amide bonds. The van der Waals surface area contributed by atoms with Crippen LogP contribution in [0.1, 0.15) is 118 Å². The average Bonchev–Trinajstić information content (AvgIpc) is 4.21. The summed E-state index contributed by atoms with van der Waals surface area (Å²) in [7, 11) is 0. The van der Waals surface area contributed by atoms with Gasteiger partial charge >= 0.3 is 0 Å². The molecule has 0 spiro atoms. The lowest BCUT2D eigenvalue weighted by Gasteiger charge is -2.33. The van der Waals surface area contributed by atoms with Crippen molar-refractivity contribution >= 4 is 70.9 Å². The second-order valence-electron chi connectivity index (χ2n) is 22.9. The van der Waals surface area contributed by atoms with E-state index in [4.69, 9.17) is 11.5 Å². The highest BCUT2D eigenvalue weighted by Crippen LogP contribution is 2.24. The van der Waals surface area contributed by atoms with Gasteiger partial charge in [-0.05, 0) is 73.3 Å². The highest BCUT2D eigenvalue weighted by molar-refractivity contribution is 6.00. The van der Waals surface area contributed by atoms with Crippen LogP contribution in [0.15, 0.2) is 60.7 Å². The molecule has 5 rings (SSSR count). The van der Waals surface area contributed by atoms with Gasteiger partial charge in [0.25, 0.3) is 0 Å². The molecule has 0 radical (unpaired) electrons. The second-order valence-corrected chi connectivity index (χ2v) is 22.9. The second kappa shape index (κ2) is 30.2. The molecule has 0 aromatic heterocycles. The number of primary amides is 2. The molecule has 12 N–H and O–H groups in total. The molecule has 3 aliphatic rings. The zero-order valence-corrected chi connectivity index (χ0v) is 48.3. The number of hydrogen-bond donors (Lipinski definition) is 10. The summed E-state index contributed by atoms with van der Waals surface area (Å²) in [5.74, 6) is -11.7. The standard InChI is InChI=1S/C58H84N12O12/c1-31(2)45-55(79)63-39(29-35-17-11-9-12-18-35)57(81)69-27-15-21-41(69)51(75)68-48(34(7)8)54(78)62-38(24-26-44(60)72)50(74)66-46(32(3)4)56(80)64-40(30-36-19-13-10-14-20-36)58(82)70-28-16-22-42(70)52(76)67-47(33(5)6)53(77)61-37(49(73)65-45)23-25-43(59)71/h9-14,17-20,31-34,37-42,45-48H,15-16,21-30H2,1-8H3,(H2,59,71)(H2,60,72)(H,61,77)(H,62,78)(H,63,79)(H,64,80)(H,65,73)(H,66,74)(H,67,76)(H,68,75)/t37-,38-,39-,40-,41-,42-,45-,46-,47-,48-/m0/s1. The Morgan fingerprint density at radius 1 is 0.415 bits per heavy atom. The molecule has 82 heavy (non-hydrogen) atoms. The van der Waals surface area contributed by atoms with Gasteiger partial charge in [-0.2, -0.15) is 0 Å². The van der Waals surface area contributed by atoms with Gasteiger partial charge in [-0.1, -0.05) is 116 Å². The third-order valence-corrected chi connectivity index (χ3v) is 15.1. The van der Waals surface area contributed by atoms with E-state index in [1.807, 2.05) is 0 Å². The number of amides is 12. The maximum Gasteiger partial charge on any atom is 0.246 e. The van der Waals surface area contributed by atoms with E-state index >= 15 is 0 Å². The molecule has 3 heterocycles. The first-order valence-corrected chi connectivity index (χ1v) is 28.5. The molecule has 2 aromatic carbocycles. The molecule has 3 saturated heterocycles. The highest BCUT2D eigenvalue weighted by atomic mass is 16.2. The number of carbonyl (C=O) groups is 12. The fourth-order valence-corrected chi connectivity index (χ4v) is 10.4. The fourth-order valence-electron chi connectivity index (χ4n) is 10.4. The lowest BCUT2D eigenvalue weighted by molar-refractivity contribution is -0.143. The van der Waals surface area contributed by atoms with Crippen molar-refractivity contribution in [1.29, 1.82) is 0 Å². The van der Waals surface area contributed by atoms with Crippen molar-refractivity contribution in [3.05, 3.63) is 71.8 Å². The number of nitrogens with one attached hydrogen (secondary N) is 8. The van der Waals surface area contributed by atoms with Crippen molar-refractivity contribution in [3.8, 4) is 0 Å². The van der Waals surface area contributed by atoms with Crippen LogP contribution < -0.4 is 54.0 Å². The average molecular weight is 1140 g/mol. The van der Waals surface area contributed by atoms with Crippen LogP contribution >= 0.6 is 0 Å². The summed E-state index contributed by atoms with van der Waals surface area (Å²) >= 11 is 0. The number of rotatable bonds is 14. The monoisotopic (exact) mass is 1140 g/mol. The van der Waals surface area contributed by atoms with E-state index in [1.165, 1.54) is 9.80 Å². The first kappa shape index (κ1) is 64.9. The van der Waals surface area contributed by atoms with Crippen molar-refractivity contribution in [3.63, 3.8) is 0 Å². The molecule has 448 valence electrons. The normalized spacial score (nSPS) is 26.4. The molecule has 3 aliphatic heterocycles. The van der Waals surface area contributed by atoms with Crippen LogP contribution in [0.25, 0.3) is 0 Å². The predicted octanol–water partition coefficient (Wildman–Crippen LogP) is -0.499. The Labute approximate surface area is 479 Å². The van der Waals surface area contributed by atoms with E-state index in [1.54, 1.807) is 116 Å². The highest BCUT2D eigenvalue weighted by Gasteiger charge is 2.44. The van der Waals surface area contributed by atoms with Crippen LogP contribution in [0.2, 0.25) is 0 Å². The summed E-state index contributed by atoms with van der Waals surface area (Å²) in [6.07, 6.45) is -0.309. The van der Waals surface area contributed by atoms with Crippen LogP contribution in [0.3, 0.4) is 0 Å². The minimum absolute atomic E-state index is 0.0409. The third-order valence-electron chi connectivity index (χ3n) is 15.1. The van der Waals surface area contributed by atoms with E-state index in [0.717, 1.165) is 0 Å². The molecular weight excluding hydrogens is 1060 g/mol. The summed E-state index contributed by atoms with van der Waals surface area (Å²) in [6.45, 7) is 13.4. The SMILES string of the molecule is CC(C)[C@@H]1NC(=O)[C@H](CCC(N)=O)NC(=O)[C@H](C(C)C)NC(=O)[C@@H]2CCCN2C(=O)[C@H](Cc2ccccc2)NC(=O)[C@H](C(C)C)NC(=O)[C@H](CCC(N)=O)NC(=O)[C@H](C(C)C)NC(=O)[C@@H]2CCCN2C(=O)[C@H](Cc2ccccc2)NC1=O. The Kier molecular flexibility index (Phi) is 23.9. The molecule has 24 nitrogen and oxygen atoms in total. The molecule has 0 saturated carbocycles. The van der Waals surface area contributed by atoms with Gasteiger partial charge in [-0.3, -0.25) is 57.5 Å². The van der Waals surface area contributed by atoms with Gasteiger partial charge in [0.1, 0.15) is 60.4 Å². The smallest absolute Gasteiger partial charge is 0.246 e. The van der Waals surface area contributed by atoms with Crippen molar-refractivity contribution in [2.75, 3.05) is 13.1 Å². The van der Waals surface area contributed by atoms with Crippen LogP contribution in [0, 0.1) is 23.7 Å². The number of nitrogens with two attached hydrogens (primary N) is 2. The van der Waals surface area contributed by atoms with E-state index in [-0.39, 0.29) is 64.5 Å². The van der Waals surface area contributed by atoms with Crippen LogP contribution in [0.4, 0.5) is 0 Å². The fraction of sp³-hybridized carbons (Fsp3) is 0.586. The number of hydrogen-bond acceptors (Lipinski definition) is 12. The molecule has 0 aliphatic carbocycles. The zero-order chi connectivity index (χ0) is 60.5. The topological polar surface area (TPSA) is 360 Å². The Bertz CT molecular complexity index is 2460. The Morgan fingerprint density at radius 3 is 0.976 bits per heavy atom. The van der Waals surface area contributed by atoms with E-state index in [0.29, 0.717) is 24.0 Å². The molecule has 10 atom stereocenters. The number of carbonyl (C=O) groups excluding carboxylic acids is 12. The van der Waals surface area contributed by atoms with Gasteiger partial charge in [0, 0.05) is 38.8 Å². The number of nitrogens with zero attached hydrogens (tertiary/aromatic N) is 2. The van der Waals surface area contributed by atoms with Gasteiger partial charge in [-0.15, -0.1) is 0 Å². The van der Waals surface area contributed by atoms with Crippen molar-refractivity contribution in [2.45, 2.75) is 180 Å². The van der Waals surface area contributed by atoms with Gasteiger partial charge in [0.2, 0.25) is 70.9 Å². The quantitative estimate of drug-likeness (QED) is 0.115. The maximum atomic E-state index is 14.8. The van der Waals surface area contributed by atoms with Crippen LogP contribution in [-0.2, 0) is 70.4 Å². The number of fused-ring (bicyclic) bond motifs is 2. The molecule has 3 fully saturated rings. The van der Waals surface area contributed by atoms with Gasteiger partial charge in [-0.25, -0.2) is 0 Å². The molecular formula is C58H84N12O12. The molecule has 0 bridgehead atoms.